The molecule has 6 nitrogen and oxygen atoms in total. The number of ether oxygens (including phenoxy) is 1. The molecule has 94 valence electrons. The van der Waals surface area contributed by atoms with E-state index in [9.17, 15) is 10.1 Å². The van der Waals surface area contributed by atoms with Gasteiger partial charge in [0, 0.05) is 19.3 Å². The summed E-state index contributed by atoms with van der Waals surface area (Å²) in [7, 11) is 0. The standard InChI is InChI=1S/C10H14BrN3O3/c1-3-17-7(2)4-13-10-8(11)5-12-6-9(10)14(15)16/h5-7H,3-4H2,1-2H3,(H,12,13). The highest BCUT2D eigenvalue weighted by molar-refractivity contribution is 9.10. The van der Waals surface area contributed by atoms with Crippen LogP contribution in [0.1, 0.15) is 13.8 Å². The number of hydrogen-bond acceptors (Lipinski definition) is 5. The van der Waals surface area contributed by atoms with Crippen LogP contribution in [0.5, 0.6) is 0 Å². The molecule has 1 unspecified atom stereocenters. The summed E-state index contributed by atoms with van der Waals surface area (Å²) in [5.74, 6) is 0. The highest BCUT2D eigenvalue weighted by atomic mass is 79.9. The number of halogens is 1. The Balaban J connectivity index is 2.79. The molecule has 1 rings (SSSR count). The van der Waals surface area contributed by atoms with Gasteiger partial charge in [-0.3, -0.25) is 15.1 Å². The summed E-state index contributed by atoms with van der Waals surface area (Å²) in [5, 5.41) is 13.8. The second-order valence-corrected chi connectivity index (χ2v) is 4.27. The maximum atomic E-state index is 10.8. The molecule has 0 aromatic carbocycles. The van der Waals surface area contributed by atoms with Crippen LogP contribution in [0.15, 0.2) is 16.9 Å². The minimum absolute atomic E-state index is 0.0142. The van der Waals surface area contributed by atoms with Crippen LogP contribution in [0, 0.1) is 10.1 Å². The van der Waals surface area contributed by atoms with Gasteiger partial charge < -0.3 is 10.1 Å². The van der Waals surface area contributed by atoms with Gasteiger partial charge in [-0.05, 0) is 29.8 Å². The second kappa shape index (κ2) is 6.51. The monoisotopic (exact) mass is 303 g/mol. The first-order valence-corrected chi connectivity index (χ1v) is 5.99. The van der Waals surface area contributed by atoms with Crippen molar-refractivity contribution in [3.05, 3.63) is 27.0 Å². The minimum Gasteiger partial charge on any atom is -0.377 e. The molecule has 0 radical (unpaired) electrons. The number of hydrogen-bond donors (Lipinski definition) is 1. The summed E-state index contributed by atoms with van der Waals surface area (Å²) in [5.41, 5.74) is 0.375. The molecule has 17 heavy (non-hydrogen) atoms. The van der Waals surface area contributed by atoms with E-state index < -0.39 is 4.92 Å². The molecular formula is C10H14BrN3O3. The Bertz CT molecular complexity index is 400. The Morgan fingerprint density at radius 1 is 1.65 bits per heavy atom. The summed E-state index contributed by atoms with van der Waals surface area (Å²) in [4.78, 5) is 14.1. The molecule has 0 bridgehead atoms. The van der Waals surface area contributed by atoms with E-state index in [1.807, 2.05) is 13.8 Å². The second-order valence-electron chi connectivity index (χ2n) is 3.42. The Hall–Kier alpha value is -1.21. The number of aromatic nitrogens is 1. The van der Waals surface area contributed by atoms with Crippen molar-refractivity contribution < 1.29 is 9.66 Å². The Labute approximate surface area is 108 Å². The van der Waals surface area contributed by atoms with E-state index >= 15 is 0 Å². The van der Waals surface area contributed by atoms with Crippen LogP contribution >= 0.6 is 15.9 Å². The lowest BCUT2D eigenvalue weighted by Crippen LogP contribution is -2.20. The van der Waals surface area contributed by atoms with Gasteiger partial charge in [-0.1, -0.05) is 0 Å². The molecular weight excluding hydrogens is 290 g/mol. The SMILES string of the molecule is CCOC(C)CNc1c(Br)cncc1[N+](=O)[O-]. The van der Waals surface area contributed by atoms with E-state index in [0.29, 0.717) is 23.3 Å². The first kappa shape index (κ1) is 13.9. The Morgan fingerprint density at radius 3 is 2.94 bits per heavy atom. The van der Waals surface area contributed by atoms with Crippen molar-refractivity contribution >= 4 is 27.3 Å². The lowest BCUT2D eigenvalue weighted by molar-refractivity contribution is -0.384. The first-order valence-electron chi connectivity index (χ1n) is 5.19. The quantitative estimate of drug-likeness (QED) is 0.645. The molecule has 0 saturated carbocycles. The summed E-state index contributed by atoms with van der Waals surface area (Å²) in [6.45, 7) is 4.92. The average molecular weight is 304 g/mol. The molecule has 0 aliphatic rings. The minimum atomic E-state index is -0.467. The number of pyridine rings is 1. The van der Waals surface area contributed by atoms with Crippen molar-refractivity contribution in [2.75, 3.05) is 18.5 Å². The van der Waals surface area contributed by atoms with Crippen LogP contribution in [-0.2, 0) is 4.74 Å². The summed E-state index contributed by atoms with van der Waals surface area (Å²) in [6.07, 6.45) is 2.72. The smallest absolute Gasteiger partial charge is 0.311 e. The zero-order chi connectivity index (χ0) is 12.8. The Morgan fingerprint density at radius 2 is 2.35 bits per heavy atom. The fourth-order valence-corrected chi connectivity index (χ4v) is 1.79. The van der Waals surface area contributed by atoms with Crippen LogP contribution in [0.3, 0.4) is 0 Å². The molecule has 0 aliphatic carbocycles. The topological polar surface area (TPSA) is 77.3 Å². The third-order valence-corrected chi connectivity index (χ3v) is 2.70. The van der Waals surface area contributed by atoms with Crippen molar-refractivity contribution in [3.8, 4) is 0 Å². The van der Waals surface area contributed by atoms with Crippen molar-refractivity contribution in [2.45, 2.75) is 20.0 Å². The van der Waals surface area contributed by atoms with E-state index in [2.05, 4.69) is 26.2 Å². The summed E-state index contributed by atoms with van der Waals surface area (Å²) < 4.78 is 5.91. The largest absolute Gasteiger partial charge is 0.377 e. The number of anilines is 1. The van der Waals surface area contributed by atoms with Crippen molar-refractivity contribution in [3.63, 3.8) is 0 Å². The van der Waals surface area contributed by atoms with Gasteiger partial charge in [0.15, 0.2) is 0 Å². The van der Waals surface area contributed by atoms with Crippen LogP contribution in [0.4, 0.5) is 11.4 Å². The van der Waals surface area contributed by atoms with Gasteiger partial charge in [0.05, 0.1) is 15.5 Å². The molecule has 0 spiro atoms. The van der Waals surface area contributed by atoms with Crippen LogP contribution in [0.25, 0.3) is 0 Å². The fraction of sp³-hybridized carbons (Fsp3) is 0.500. The fourth-order valence-electron chi connectivity index (χ4n) is 1.33. The molecule has 7 heteroatoms. The molecule has 0 amide bonds. The van der Waals surface area contributed by atoms with Gasteiger partial charge in [-0.2, -0.15) is 0 Å². The van der Waals surface area contributed by atoms with E-state index in [1.165, 1.54) is 12.4 Å². The van der Waals surface area contributed by atoms with Gasteiger partial charge in [0.1, 0.15) is 11.9 Å². The first-order chi connectivity index (χ1) is 8.06. The van der Waals surface area contributed by atoms with E-state index in [4.69, 9.17) is 4.74 Å². The molecule has 1 atom stereocenters. The number of nitro groups is 1. The van der Waals surface area contributed by atoms with Crippen LogP contribution < -0.4 is 5.32 Å². The predicted octanol–water partition coefficient (Wildman–Crippen LogP) is 2.59. The number of rotatable bonds is 6. The third kappa shape index (κ3) is 3.94. The van der Waals surface area contributed by atoms with Crippen LogP contribution in [-0.4, -0.2) is 29.2 Å². The molecule has 0 saturated heterocycles. The van der Waals surface area contributed by atoms with Crippen molar-refractivity contribution in [1.82, 2.24) is 4.98 Å². The number of nitrogens with zero attached hydrogens (tertiary/aromatic N) is 2. The lowest BCUT2D eigenvalue weighted by Gasteiger charge is -2.14. The summed E-state index contributed by atoms with van der Waals surface area (Å²) in [6, 6.07) is 0. The van der Waals surface area contributed by atoms with Gasteiger partial charge in [-0.15, -0.1) is 0 Å². The molecule has 0 fully saturated rings. The molecule has 0 aliphatic heterocycles. The third-order valence-electron chi connectivity index (χ3n) is 2.09. The predicted molar refractivity (Wildman–Crippen MR) is 68.2 cm³/mol. The van der Waals surface area contributed by atoms with E-state index in [-0.39, 0.29) is 11.8 Å². The number of nitrogens with one attached hydrogen (secondary N) is 1. The van der Waals surface area contributed by atoms with Gasteiger partial charge >= 0.3 is 5.69 Å². The molecule has 1 aromatic rings. The maximum Gasteiger partial charge on any atom is 0.311 e. The highest BCUT2D eigenvalue weighted by Gasteiger charge is 2.17. The Kier molecular flexibility index (Phi) is 5.30. The summed E-state index contributed by atoms with van der Waals surface area (Å²) >= 11 is 3.23. The average Bonchev–Trinajstić information content (AvgIpc) is 2.27. The molecule has 1 N–H and O–H groups in total. The van der Waals surface area contributed by atoms with Crippen molar-refractivity contribution in [1.29, 1.82) is 0 Å². The van der Waals surface area contributed by atoms with E-state index in [0.717, 1.165) is 0 Å². The van der Waals surface area contributed by atoms with Gasteiger partial charge in [0.2, 0.25) is 0 Å². The zero-order valence-electron chi connectivity index (χ0n) is 9.64. The maximum absolute atomic E-state index is 10.8. The lowest BCUT2D eigenvalue weighted by atomic mass is 10.3. The molecule has 1 aromatic heterocycles. The van der Waals surface area contributed by atoms with Gasteiger partial charge in [0.25, 0.3) is 0 Å². The van der Waals surface area contributed by atoms with E-state index in [1.54, 1.807) is 0 Å². The van der Waals surface area contributed by atoms with Gasteiger partial charge in [-0.25, -0.2) is 0 Å². The zero-order valence-corrected chi connectivity index (χ0v) is 11.2. The molecule has 1 heterocycles. The normalized spacial score (nSPS) is 12.2. The van der Waals surface area contributed by atoms with Crippen LogP contribution in [0.2, 0.25) is 0 Å². The van der Waals surface area contributed by atoms with Crippen molar-refractivity contribution in [2.24, 2.45) is 0 Å². The highest BCUT2D eigenvalue weighted by Crippen LogP contribution is 2.30.